The van der Waals surface area contributed by atoms with Gasteiger partial charge in [-0.05, 0) is 37.9 Å². The van der Waals surface area contributed by atoms with Crippen LogP contribution in [0.1, 0.15) is 46.1 Å². The van der Waals surface area contributed by atoms with Gasteiger partial charge in [0.25, 0.3) is 5.69 Å². The predicted molar refractivity (Wildman–Crippen MR) is 87.7 cm³/mol. The molecular weight excluding hydrogens is 266 g/mol. The number of nitro groups is 1. The lowest BCUT2D eigenvalue weighted by Crippen LogP contribution is -2.32. The Hall–Kier alpha value is -1.62. The van der Waals surface area contributed by atoms with E-state index >= 15 is 0 Å². The van der Waals surface area contributed by atoms with Crippen LogP contribution in [0.5, 0.6) is 0 Å². The molecule has 0 aliphatic carbocycles. The van der Waals surface area contributed by atoms with Gasteiger partial charge in [0, 0.05) is 37.0 Å². The molecule has 0 saturated heterocycles. The van der Waals surface area contributed by atoms with Gasteiger partial charge in [0.15, 0.2) is 0 Å². The van der Waals surface area contributed by atoms with Crippen LogP contribution < -0.4 is 5.32 Å². The van der Waals surface area contributed by atoms with Gasteiger partial charge in [-0.25, -0.2) is 0 Å². The number of nitrogens with zero attached hydrogens (tertiary/aromatic N) is 2. The molecule has 1 rings (SSSR count). The molecule has 5 heteroatoms. The second-order valence-electron chi connectivity index (χ2n) is 5.35. The van der Waals surface area contributed by atoms with Crippen molar-refractivity contribution in [2.75, 3.05) is 18.4 Å². The maximum atomic E-state index is 11.0. The Labute approximate surface area is 127 Å². The van der Waals surface area contributed by atoms with E-state index in [1.54, 1.807) is 12.1 Å². The van der Waals surface area contributed by atoms with Gasteiger partial charge in [0.1, 0.15) is 0 Å². The quantitative estimate of drug-likeness (QED) is 0.551. The standard InChI is InChI=1S/C16H27N3O2/c1-5-10-17-16-9-8-15(19(20)21)11-14(16)12-18(7-3)13(4)6-2/h8-9,11,13,17H,5-7,10,12H2,1-4H3. The van der Waals surface area contributed by atoms with Crippen molar-refractivity contribution >= 4 is 11.4 Å². The second kappa shape index (κ2) is 8.62. The van der Waals surface area contributed by atoms with Gasteiger partial charge in [-0.1, -0.05) is 20.8 Å². The van der Waals surface area contributed by atoms with Crippen LogP contribution in [0.15, 0.2) is 18.2 Å². The van der Waals surface area contributed by atoms with Crippen molar-refractivity contribution in [3.8, 4) is 0 Å². The lowest BCUT2D eigenvalue weighted by Gasteiger charge is -2.28. The summed E-state index contributed by atoms with van der Waals surface area (Å²) in [4.78, 5) is 13.0. The number of nitrogens with one attached hydrogen (secondary N) is 1. The Morgan fingerprint density at radius 2 is 2.05 bits per heavy atom. The number of hydrogen-bond acceptors (Lipinski definition) is 4. The van der Waals surface area contributed by atoms with E-state index in [4.69, 9.17) is 0 Å². The SMILES string of the molecule is CCCNc1ccc([N+](=O)[O-])cc1CN(CC)C(C)CC. The van der Waals surface area contributed by atoms with Crippen LogP contribution >= 0.6 is 0 Å². The van der Waals surface area contributed by atoms with E-state index in [0.29, 0.717) is 6.04 Å². The highest BCUT2D eigenvalue weighted by molar-refractivity contribution is 5.56. The highest BCUT2D eigenvalue weighted by Gasteiger charge is 2.16. The Morgan fingerprint density at radius 3 is 2.57 bits per heavy atom. The third-order valence-electron chi connectivity index (χ3n) is 3.86. The van der Waals surface area contributed by atoms with Crippen LogP contribution in [-0.2, 0) is 6.54 Å². The highest BCUT2D eigenvalue weighted by atomic mass is 16.6. The first-order valence-electron chi connectivity index (χ1n) is 7.78. The van der Waals surface area contributed by atoms with Crippen LogP contribution in [-0.4, -0.2) is 29.0 Å². The minimum absolute atomic E-state index is 0.159. The highest BCUT2D eigenvalue weighted by Crippen LogP contribution is 2.24. The summed E-state index contributed by atoms with van der Waals surface area (Å²) in [5.74, 6) is 0. The van der Waals surface area contributed by atoms with E-state index in [0.717, 1.165) is 43.7 Å². The summed E-state index contributed by atoms with van der Waals surface area (Å²) in [6.07, 6.45) is 2.10. The van der Waals surface area contributed by atoms with Gasteiger partial charge in [-0.2, -0.15) is 0 Å². The van der Waals surface area contributed by atoms with Gasteiger partial charge in [0.2, 0.25) is 0 Å². The molecule has 0 aliphatic rings. The Kier molecular flexibility index (Phi) is 7.15. The molecule has 1 aromatic rings. The zero-order valence-corrected chi connectivity index (χ0v) is 13.6. The maximum absolute atomic E-state index is 11.0. The normalized spacial score (nSPS) is 12.4. The number of benzene rings is 1. The summed E-state index contributed by atoms with van der Waals surface area (Å²) >= 11 is 0. The molecule has 0 radical (unpaired) electrons. The monoisotopic (exact) mass is 293 g/mol. The molecular formula is C16H27N3O2. The third-order valence-corrected chi connectivity index (χ3v) is 3.86. The van der Waals surface area contributed by atoms with Crippen molar-refractivity contribution in [2.45, 2.75) is 53.1 Å². The smallest absolute Gasteiger partial charge is 0.269 e. The van der Waals surface area contributed by atoms with Crippen LogP contribution in [0.2, 0.25) is 0 Å². The van der Waals surface area contributed by atoms with Gasteiger partial charge in [-0.15, -0.1) is 0 Å². The first kappa shape index (κ1) is 17.4. The molecule has 1 atom stereocenters. The third kappa shape index (κ3) is 5.01. The molecule has 5 nitrogen and oxygen atoms in total. The second-order valence-corrected chi connectivity index (χ2v) is 5.35. The van der Waals surface area contributed by atoms with Crippen molar-refractivity contribution < 1.29 is 4.92 Å². The fourth-order valence-electron chi connectivity index (χ4n) is 2.31. The fraction of sp³-hybridized carbons (Fsp3) is 0.625. The molecule has 21 heavy (non-hydrogen) atoms. The average Bonchev–Trinajstić information content (AvgIpc) is 2.50. The summed E-state index contributed by atoms with van der Waals surface area (Å²) in [5, 5.41) is 14.4. The molecule has 1 aromatic carbocycles. The van der Waals surface area contributed by atoms with Gasteiger partial charge < -0.3 is 5.32 Å². The van der Waals surface area contributed by atoms with E-state index in [9.17, 15) is 10.1 Å². The molecule has 0 amide bonds. The van der Waals surface area contributed by atoms with Crippen molar-refractivity contribution in [1.29, 1.82) is 0 Å². The minimum atomic E-state index is -0.327. The molecule has 0 spiro atoms. The van der Waals surface area contributed by atoms with Gasteiger partial charge >= 0.3 is 0 Å². The van der Waals surface area contributed by atoms with Crippen molar-refractivity contribution in [3.63, 3.8) is 0 Å². The summed E-state index contributed by atoms with van der Waals surface area (Å²) in [6, 6.07) is 5.56. The molecule has 1 unspecified atom stereocenters. The van der Waals surface area contributed by atoms with E-state index in [1.165, 1.54) is 0 Å². The maximum Gasteiger partial charge on any atom is 0.269 e. The minimum Gasteiger partial charge on any atom is -0.385 e. The van der Waals surface area contributed by atoms with Gasteiger partial charge in [0.05, 0.1) is 4.92 Å². The first-order valence-corrected chi connectivity index (χ1v) is 7.78. The van der Waals surface area contributed by atoms with Gasteiger partial charge in [-0.3, -0.25) is 15.0 Å². The molecule has 0 aliphatic heterocycles. The molecule has 0 bridgehead atoms. The Morgan fingerprint density at radius 1 is 1.33 bits per heavy atom. The van der Waals surface area contributed by atoms with Crippen molar-refractivity contribution in [3.05, 3.63) is 33.9 Å². The van der Waals surface area contributed by atoms with Crippen molar-refractivity contribution in [1.82, 2.24) is 4.90 Å². The van der Waals surface area contributed by atoms with E-state index in [1.807, 2.05) is 6.07 Å². The lowest BCUT2D eigenvalue weighted by molar-refractivity contribution is -0.384. The van der Waals surface area contributed by atoms with Crippen LogP contribution in [0, 0.1) is 10.1 Å². The number of rotatable bonds is 9. The summed E-state index contributed by atoms with van der Waals surface area (Å²) in [6.45, 7) is 11.1. The Balaban J connectivity index is 3.03. The largest absolute Gasteiger partial charge is 0.385 e. The fourth-order valence-corrected chi connectivity index (χ4v) is 2.31. The molecule has 0 saturated carbocycles. The van der Waals surface area contributed by atoms with Crippen molar-refractivity contribution in [2.24, 2.45) is 0 Å². The lowest BCUT2D eigenvalue weighted by atomic mass is 10.1. The topological polar surface area (TPSA) is 58.4 Å². The van der Waals surface area contributed by atoms with Crippen LogP contribution in [0.4, 0.5) is 11.4 Å². The first-order chi connectivity index (χ1) is 10.0. The van der Waals surface area contributed by atoms with Crippen LogP contribution in [0.3, 0.4) is 0 Å². The zero-order valence-electron chi connectivity index (χ0n) is 13.6. The summed E-state index contributed by atoms with van der Waals surface area (Å²) in [5.41, 5.74) is 2.16. The molecule has 1 N–H and O–H groups in total. The van der Waals surface area contributed by atoms with E-state index in [2.05, 4.69) is 37.9 Å². The summed E-state index contributed by atoms with van der Waals surface area (Å²) < 4.78 is 0. The van der Waals surface area contributed by atoms with E-state index in [-0.39, 0.29) is 10.6 Å². The zero-order chi connectivity index (χ0) is 15.8. The molecule has 0 aromatic heterocycles. The molecule has 118 valence electrons. The number of hydrogen-bond donors (Lipinski definition) is 1. The molecule has 0 fully saturated rings. The Bertz CT molecular complexity index is 463. The number of nitro benzene ring substituents is 1. The number of non-ortho nitro benzene ring substituents is 1. The molecule has 0 heterocycles. The van der Waals surface area contributed by atoms with Crippen LogP contribution in [0.25, 0.3) is 0 Å². The predicted octanol–water partition coefficient (Wildman–Crippen LogP) is 4.04. The number of anilines is 1. The summed E-state index contributed by atoms with van der Waals surface area (Å²) in [7, 11) is 0. The average molecular weight is 293 g/mol. The van der Waals surface area contributed by atoms with E-state index < -0.39 is 0 Å².